The molecule has 3 heterocycles. The summed E-state index contributed by atoms with van der Waals surface area (Å²) in [4.78, 5) is 15.0. The van der Waals surface area contributed by atoms with Crippen molar-refractivity contribution in [2.45, 2.75) is 32.0 Å². The van der Waals surface area contributed by atoms with Crippen LogP contribution in [0.25, 0.3) is 21.2 Å². The third-order valence-corrected chi connectivity index (χ3v) is 6.78. The van der Waals surface area contributed by atoms with Gasteiger partial charge in [0, 0.05) is 33.8 Å². The third-order valence-electron chi connectivity index (χ3n) is 5.82. The summed E-state index contributed by atoms with van der Waals surface area (Å²) in [6, 6.07) is 12.7. The molecule has 5 rings (SSSR count). The molecule has 0 bridgehead atoms. The topological polar surface area (TPSA) is 62.8 Å². The molecule has 1 aromatic heterocycles. The number of benzene rings is 2. The summed E-state index contributed by atoms with van der Waals surface area (Å²) < 4.78 is 13.0. The lowest BCUT2D eigenvalue weighted by Gasteiger charge is -2.23. The van der Waals surface area contributed by atoms with Gasteiger partial charge >= 0.3 is 0 Å². The van der Waals surface area contributed by atoms with E-state index >= 15 is 0 Å². The molecule has 2 aromatic carbocycles. The van der Waals surface area contributed by atoms with E-state index in [0.717, 1.165) is 23.3 Å². The van der Waals surface area contributed by atoms with E-state index in [-0.39, 0.29) is 18.0 Å². The van der Waals surface area contributed by atoms with Gasteiger partial charge in [0.25, 0.3) is 0 Å². The minimum atomic E-state index is -0.201. The van der Waals surface area contributed by atoms with Crippen molar-refractivity contribution in [1.82, 2.24) is 15.8 Å². The quantitative estimate of drug-likeness (QED) is 0.675. The van der Waals surface area contributed by atoms with E-state index in [0.29, 0.717) is 25.4 Å². The monoisotopic (exact) mass is 423 g/mol. The maximum absolute atomic E-state index is 13.1. The molecule has 3 aromatic rings. The Kier molecular flexibility index (Phi) is 5.10. The van der Waals surface area contributed by atoms with Crippen LogP contribution in [0, 0.1) is 0 Å². The first kappa shape index (κ1) is 19.4. The Labute approximate surface area is 179 Å². The third kappa shape index (κ3) is 3.43. The molecule has 2 aliphatic heterocycles. The first-order valence-electron chi connectivity index (χ1n) is 10.2. The van der Waals surface area contributed by atoms with Gasteiger partial charge in [0.15, 0.2) is 11.5 Å². The highest BCUT2D eigenvalue weighted by molar-refractivity contribution is 7.17. The average molecular weight is 424 g/mol. The van der Waals surface area contributed by atoms with Crippen molar-refractivity contribution in [3.8, 4) is 22.6 Å². The van der Waals surface area contributed by atoms with Crippen molar-refractivity contribution in [1.29, 1.82) is 0 Å². The summed E-state index contributed by atoms with van der Waals surface area (Å²) in [5, 5.41) is 3.41. The summed E-state index contributed by atoms with van der Waals surface area (Å²) in [6.07, 6.45) is 0.785. The summed E-state index contributed by atoms with van der Waals surface area (Å²) >= 11 is 1.73. The number of hydrogen-bond donors (Lipinski definition) is 2. The summed E-state index contributed by atoms with van der Waals surface area (Å²) in [7, 11) is 1.66. The van der Waals surface area contributed by atoms with Crippen LogP contribution < -0.4 is 20.3 Å². The number of ether oxygens (including phenoxy) is 2. The molecule has 1 saturated heterocycles. The predicted octanol–water partition coefficient (Wildman–Crippen LogP) is 3.55. The van der Waals surface area contributed by atoms with E-state index in [4.69, 9.17) is 9.47 Å². The van der Waals surface area contributed by atoms with Gasteiger partial charge in [0.05, 0.1) is 13.7 Å². The highest BCUT2D eigenvalue weighted by atomic mass is 32.1. The number of nitrogens with zero attached hydrogens (tertiary/aromatic N) is 1. The number of amides is 1. The normalized spacial score (nSPS) is 21.2. The van der Waals surface area contributed by atoms with E-state index in [1.165, 1.54) is 15.6 Å². The number of carbonyl (C=O) groups is 1. The van der Waals surface area contributed by atoms with Gasteiger partial charge in [-0.1, -0.05) is 18.2 Å². The maximum Gasteiger partial charge on any atom is 0.241 e. The zero-order valence-electron chi connectivity index (χ0n) is 17.1. The summed E-state index contributed by atoms with van der Waals surface area (Å²) in [5.74, 6) is 1.55. The Morgan fingerprint density at radius 1 is 1.27 bits per heavy atom. The van der Waals surface area contributed by atoms with Crippen molar-refractivity contribution in [3.63, 3.8) is 0 Å². The Bertz CT molecular complexity index is 1100. The van der Waals surface area contributed by atoms with Crippen LogP contribution in [0.15, 0.2) is 41.8 Å². The first-order valence-corrected chi connectivity index (χ1v) is 11.1. The molecular weight excluding hydrogens is 398 g/mol. The van der Waals surface area contributed by atoms with Crippen LogP contribution >= 0.6 is 11.3 Å². The van der Waals surface area contributed by atoms with Crippen LogP contribution in [0.1, 0.15) is 18.9 Å². The molecule has 1 fully saturated rings. The fourth-order valence-electron chi connectivity index (χ4n) is 4.28. The SMILES string of the molecule is COc1cc(-c2csc3ccccc23)cc2c1OCCN(C(=O)C1CC(C)NN1)C2. The molecule has 0 spiro atoms. The molecule has 2 N–H and O–H groups in total. The lowest BCUT2D eigenvalue weighted by molar-refractivity contribution is -0.133. The Balaban J connectivity index is 1.52. The van der Waals surface area contributed by atoms with Crippen molar-refractivity contribution < 1.29 is 14.3 Å². The molecule has 7 heteroatoms. The Hall–Kier alpha value is -2.61. The summed E-state index contributed by atoms with van der Waals surface area (Å²) in [5.41, 5.74) is 9.49. The number of hydrazine groups is 1. The molecule has 0 radical (unpaired) electrons. The number of thiophene rings is 1. The smallest absolute Gasteiger partial charge is 0.241 e. The van der Waals surface area contributed by atoms with E-state index in [9.17, 15) is 4.79 Å². The van der Waals surface area contributed by atoms with Crippen LogP contribution in [0.5, 0.6) is 11.5 Å². The van der Waals surface area contributed by atoms with E-state index in [1.54, 1.807) is 18.4 Å². The molecule has 2 atom stereocenters. The minimum Gasteiger partial charge on any atom is -0.493 e. The molecule has 2 unspecified atom stereocenters. The van der Waals surface area contributed by atoms with Gasteiger partial charge in [-0.05, 0) is 42.5 Å². The fraction of sp³-hybridized carbons (Fsp3) is 0.348. The number of methoxy groups -OCH3 is 1. The standard InChI is InChI=1S/C23H25N3O3S/c1-14-9-19(25-24-14)23(27)26-7-8-29-22-16(12-26)10-15(11-20(22)28-2)18-13-30-21-6-4-3-5-17(18)21/h3-6,10-11,13-14,19,24-25H,7-9,12H2,1-2H3. The van der Waals surface area contributed by atoms with Crippen LogP contribution in [-0.4, -0.2) is 43.2 Å². The number of rotatable bonds is 3. The van der Waals surface area contributed by atoms with Crippen molar-refractivity contribution in [2.75, 3.05) is 20.3 Å². The number of nitrogens with one attached hydrogen (secondary N) is 2. The van der Waals surface area contributed by atoms with Crippen molar-refractivity contribution in [2.24, 2.45) is 0 Å². The second-order valence-electron chi connectivity index (χ2n) is 7.90. The molecule has 0 saturated carbocycles. The molecule has 2 aliphatic rings. The van der Waals surface area contributed by atoms with Gasteiger partial charge in [-0.3, -0.25) is 10.2 Å². The average Bonchev–Trinajstić information content (AvgIpc) is 3.33. The fourth-order valence-corrected chi connectivity index (χ4v) is 5.25. The van der Waals surface area contributed by atoms with Gasteiger partial charge in [-0.25, -0.2) is 5.43 Å². The first-order chi connectivity index (χ1) is 14.6. The van der Waals surface area contributed by atoms with E-state index in [2.05, 4.69) is 53.5 Å². The molecule has 0 aliphatic carbocycles. The largest absolute Gasteiger partial charge is 0.493 e. The minimum absolute atomic E-state index is 0.105. The lowest BCUT2D eigenvalue weighted by Crippen LogP contribution is -2.46. The number of hydrogen-bond acceptors (Lipinski definition) is 6. The van der Waals surface area contributed by atoms with Gasteiger partial charge in [0.1, 0.15) is 12.6 Å². The molecule has 30 heavy (non-hydrogen) atoms. The molecule has 1 amide bonds. The van der Waals surface area contributed by atoms with Crippen LogP contribution in [0.2, 0.25) is 0 Å². The van der Waals surface area contributed by atoms with Crippen molar-refractivity contribution in [3.05, 3.63) is 47.3 Å². The van der Waals surface area contributed by atoms with Crippen LogP contribution in [0.3, 0.4) is 0 Å². The summed E-state index contributed by atoms with van der Waals surface area (Å²) in [6.45, 7) is 3.59. The highest BCUT2D eigenvalue weighted by Gasteiger charge is 2.32. The molecule has 6 nitrogen and oxygen atoms in total. The zero-order chi connectivity index (χ0) is 20.7. The number of fused-ring (bicyclic) bond motifs is 2. The van der Waals surface area contributed by atoms with Crippen LogP contribution in [-0.2, 0) is 11.3 Å². The second kappa shape index (κ2) is 7.91. The van der Waals surface area contributed by atoms with E-state index in [1.807, 2.05) is 11.0 Å². The van der Waals surface area contributed by atoms with Crippen LogP contribution in [0.4, 0.5) is 0 Å². The van der Waals surface area contributed by atoms with Gasteiger partial charge in [-0.15, -0.1) is 11.3 Å². The van der Waals surface area contributed by atoms with Gasteiger partial charge < -0.3 is 14.4 Å². The molecule has 156 valence electrons. The zero-order valence-corrected chi connectivity index (χ0v) is 17.9. The van der Waals surface area contributed by atoms with E-state index < -0.39 is 0 Å². The predicted molar refractivity (Wildman–Crippen MR) is 119 cm³/mol. The second-order valence-corrected chi connectivity index (χ2v) is 8.81. The Morgan fingerprint density at radius 2 is 2.13 bits per heavy atom. The van der Waals surface area contributed by atoms with Gasteiger partial charge in [0.2, 0.25) is 5.91 Å². The Morgan fingerprint density at radius 3 is 2.93 bits per heavy atom. The number of carbonyl (C=O) groups excluding carboxylic acids is 1. The van der Waals surface area contributed by atoms with Gasteiger partial charge in [-0.2, -0.15) is 0 Å². The lowest BCUT2D eigenvalue weighted by atomic mass is 10.0. The highest BCUT2D eigenvalue weighted by Crippen LogP contribution is 2.41. The van der Waals surface area contributed by atoms with Crippen molar-refractivity contribution >= 4 is 27.3 Å². The molecular formula is C23H25N3O3S. The maximum atomic E-state index is 13.1.